The summed E-state index contributed by atoms with van der Waals surface area (Å²) in [4.78, 5) is 21.0. The Labute approximate surface area is 191 Å². The summed E-state index contributed by atoms with van der Waals surface area (Å²) in [6.45, 7) is 2.29. The van der Waals surface area contributed by atoms with Crippen LogP contribution in [0.25, 0.3) is 0 Å². The number of guanidine groups is 1. The Kier molecular flexibility index (Phi) is 10.5. The molecule has 1 aromatic carbocycles. The van der Waals surface area contributed by atoms with Crippen molar-refractivity contribution in [2.24, 2.45) is 4.99 Å². The lowest BCUT2D eigenvalue weighted by molar-refractivity contribution is -0.157. The molecule has 164 valence electrons. The van der Waals surface area contributed by atoms with E-state index in [2.05, 4.69) is 15.2 Å². The van der Waals surface area contributed by atoms with Crippen LogP contribution in [0.4, 0.5) is 13.2 Å². The van der Waals surface area contributed by atoms with Gasteiger partial charge in [-0.05, 0) is 17.7 Å². The highest BCUT2D eigenvalue weighted by Crippen LogP contribution is 2.16. The minimum absolute atomic E-state index is 0. The van der Waals surface area contributed by atoms with E-state index in [0.29, 0.717) is 29.0 Å². The van der Waals surface area contributed by atoms with Crippen LogP contribution in [0.2, 0.25) is 5.02 Å². The molecule has 0 unspecified atom stereocenters. The normalized spacial score (nSPS) is 15.7. The fourth-order valence-electron chi connectivity index (χ4n) is 2.99. The fourth-order valence-corrected chi connectivity index (χ4v) is 3.20. The van der Waals surface area contributed by atoms with Crippen molar-refractivity contribution in [2.45, 2.75) is 12.7 Å². The predicted molar refractivity (Wildman–Crippen MR) is 119 cm³/mol. The molecule has 0 aromatic heterocycles. The van der Waals surface area contributed by atoms with Gasteiger partial charge in [0, 0.05) is 51.8 Å². The number of piperazine rings is 1. The van der Waals surface area contributed by atoms with E-state index in [1.54, 1.807) is 7.05 Å². The van der Waals surface area contributed by atoms with Gasteiger partial charge in [0.25, 0.3) is 0 Å². The lowest BCUT2D eigenvalue weighted by Gasteiger charge is -2.36. The molecule has 0 spiro atoms. The monoisotopic (exact) mass is 547 g/mol. The Hall–Kier alpha value is -1.27. The topological polar surface area (TPSA) is 51.2 Å². The Balaban J connectivity index is 0.00000420. The zero-order chi connectivity index (χ0) is 20.7. The lowest BCUT2D eigenvalue weighted by atomic mass is 10.2. The van der Waals surface area contributed by atoms with Crippen LogP contribution in [0, 0.1) is 0 Å². The van der Waals surface area contributed by atoms with Crippen LogP contribution in [0.1, 0.15) is 5.56 Å². The van der Waals surface area contributed by atoms with Gasteiger partial charge >= 0.3 is 6.18 Å². The van der Waals surface area contributed by atoms with Gasteiger partial charge < -0.3 is 15.1 Å². The molecular weight excluding hydrogens is 522 g/mol. The maximum atomic E-state index is 12.4. The molecule has 0 bridgehead atoms. The number of carbonyl (C=O) groups is 1. The van der Waals surface area contributed by atoms with Crippen molar-refractivity contribution >= 4 is 47.4 Å². The van der Waals surface area contributed by atoms with Crippen LogP contribution in [0.5, 0.6) is 0 Å². The zero-order valence-corrected chi connectivity index (χ0v) is 19.5. The molecular formula is C18H26ClF3IN5O. The first-order valence-electron chi connectivity index (χ1n) is 8.91. The summed E-state index contributed by atoms with van der Waals surface area (Å²) >= 11 is 6.02. The average Bonchev–Trinajstić information content (AvgIpc) is 2.62. The second kappa shape index (κ2) is 11.8. The Morgan fingerprint density at radius 2 is 1.93 bits per heavy atom. The molecule has 1 heterocycles. The molecule has 1 N–H and O–H groups in total. The van der Waals surface area contributed by atoms with E-state index in [0.717, 1.165) is 32.2 Å². The van der Waals surface area contributed by atoms with E-state index in [-0.39, 0.29) is 30.5 Å². The minimum Gasteiger partial charge on any atom is -0.347 e. The van der Waals surface area contributed by atoms with Gasteiger partial charge in [-0.1, -0.05) is 23.7 Å². The number of benzene rings is 1. The van der Waals surface area contributed by atoms with Crippen LogP contribution in [-0.4, -0.2) is 86.1 Å². The number of amides is 1. The van der Waals surface area contributed by atoms with E-state index in [1.807, 2.05) is 29.2 Å². The zero-order valence-electron chi connectivity index (χ0n) is 16.4. The van der Waals surface area contributed by atoms with E-state index in [4.69, 9.17) is 11.6 Å². The standard InChI is InChI=1S/C18H25ClF3N5O.HI/c1-23-17(24-11-16(28)25(2)13-18(20,21)22)27-8-6-26(7-9-27)12-14-4-3-5-15(19)10-14;/h3-5,10H,6-9,11-13H2,1-2H3,(H,23,24);1H. The van der Waals surface area contributed by atoms with Crippen molar-refractivity contribution in [3.63, 3.8) is 0 Å². The van der Waals surface area contributed by atoms with E-state index in [9.17, 15) is 18.0 Å². The summed E-state index contributed by atoms with van der Waals surface area (Å²) in [5, 5.41) is 3.57. The summed E-state index contributed by atoms with van der Waals surface area (Å²) in [5.41, 5.74) is 1.14. The van der Waals surface area contributed by atoms with Crippen LogP contribution in [-0.2, 0) is 11.3 Å². The molecule has 11 heteroatoms. The van der Waals surface area contributed by atoms with Crippen molar-refractivity contribution in [2.75, 3.05) is 53.4 Å². The molecule has 1 saturated heterocycles. The lowest BCUT2D eigenvalue weighted by Crippen LogP contribution is -2.53. The Bertz CT molecular complexity index is 696. The van der Waals surface area contributed by atoms with Gasteiger partial charge in [-0.3, -0.25) is 14.7 Å². The van der Waals surface area contributed by atoms with Crippen LogP contribution >= 0.6 is 35.6 Å². The first-order valence-corrected chi connectivity index (χ1v) is 9.29. The molecule has 29 heavy (non-hydrogen) atoms. The van der Waals surface area contributed by atoms with E-state index in [1.165, 1.54) is 0 Å². The maximum Gasteiger partial charge on any atom is 0.406 e. The van der Waals surface area contributed by atoms with Crippen LogP contribution in [0.15, 0.2) is 29.3 Å². The summed E-state index contributed by atoms with van der Waals surface area (Å²) in [5.74, 6) is -0.130. The quantitative estimate of drug-likeness (QED) is 0.350. The molecule has 1 aromatic rings. The van der Waals surface area contributed by atoms with Gasteiger partial charge in [-0.15, -0.1) is 24.0 Å². The highest BCUT2D eigenvalue weighted by atomic mass is 127. The largest absolute Gasteiger partial charge is 0.406 e. The third-order valence-electron chi connectivity index (χ3n) is 4.42. The summed E-state index contributed by atoms with van der Waals surface area (Å²) < 4.78 is 37.1. The van der Waals surface area contributed by atoms with Crippen LogP contribution < -0.4 is 5.32 Å². The second-order valence-electron chi connectivity index (χ2n) is 6.66. The number of hydrogen-bond acceptors (Lipinski definition) is 3. The number of rotatable bonds is 5. The number of likely N-dealkylation sites (N-methyl/N-ethyl adjacent to an activating group) is 1. The van der Waals surface area contributed by atoms with Crippen molar-refractivity contribution in [3.05, 3.63) is 34.9 Å². The molecule has 0 atom stereocenters. The minimum atomic E-state index is -4.41. The molecule has 1 aliphatic heterocycles. The number of hydrogen-bond donors (Lipinski definition) is 1. The average molecular weight is 548 g/mol. The first-order chi connectivity index (χ1) is 13.2. The molecule has 1 aliphatic rings. The predicted octanol–water partition coefficient (Wildman–Crippen LogP) is 2.67. The van der Waals surface area contributed by atoms with Gasteiger partial charge in [-0.25, -0.2) is 0 Å². The van der Waals surface area contributed by atoms with Gasteiger partial charge in [-0.2, -0.15) is 13.2 Å². The van der Waals surface area contributed by atoms with Crippen molar-refractivity contribution < 1.29 is 18.0 Å². The molecule has 0 saturated carbocycles. The molecule has 0 aliphatic carbocycles. The van der Waals surface area contributed by atoms with Crippen molar-refractivity contribution in [1.29, 1.82) is 0 Å². The molecule has 1 amide bonds. The van der Waals surface area contributed by atoms with Crippen LogP contribution in [0.3, 0.4) is 0 Å². The van der Waals surface area contributed by atoms with Gasteiger partial charge in [0.2, 0.25) is 5.91 Å². The molecule has 0 radical (unpaired) electrons. The summed E-state index contributed by atoms with van der Waals surface area (Å²) in [7, 11) is 2.72. The van der Waals surface area contributed by atoms with E-state index >= 15 is 0 Å². The first kappa shape index (κ1) is 25.8. The molecule has 1 fully saturated rings. The van der Waals surface area contributed by atoms with Gasteiger partial charge in [0.15, 0.2) is 5.96 Å². The number of alkyl halides is 3. The number of nitrogens with one attached hydrogen (secondary N) is 1. The van der Waals surface area contributed by atoms with Crippen molar-refractivity contribution in [3.8, 4) is 0 Å². The summed E-state index contributed by atoms with van der Waals surface area (Å²) in [6, 6.07) is 7.73. The Morgan fingerprint density at radius 3 is 2.48 bits per heavy atom. The van der Waals surface area contributed by atoms with Gasteiger partial charge in [0.1, 0.15) is 6.54 Å². The number of halogens is 5. The Morgan fingerprint density at radius 1 is 1.28 bits per heavy atom. The number of carbonyl (C=O) groups excluding carboxylic acids is 1. The molecule has 2 rings (SSSR count). The number of nitrogens with zero attached hydrogens (tertiary/aromatic N) is 4. The highest BCUT2D eigenvalue weighted by molar-refractivity contribution is 14.0. The highest BCUT2D eigenvalue weighted by Gasteiger charge is 2.31. The van der Waals surface area contributed by atoms with E-state index < -0.39 is 18.6 Å². The fraction of sp³-hybridized carbons (Fsp3) is 0.556. The summed E-state index contributed by atoms with van der Waals surface area (Å²) in [6.07, 6.45) is -4.41. The maximum absolute atomic E-state index is 12.4. The second-order valence-corrected chi connectivity index (χ2v) is 7.10. The number of aliphatic imine (C=N–C) groups is 1. The smallest absolute Gasteiger partial charge is 0.347 e. The van der Waals surface area contributed by atoms with Crippen molar-refractivity contribution in [1.82, 2.24) is 20.0 Å². The third-order valence-corrected chi connectivity index (χ3v) is 4.65. The third kappa shape index (κ3) is 8.95. The SMILES string of the molecule is CN=C(NCC(=O)N(C)CC(F)(F)F)N1CCN(Cc2cccc(Cl)c2)CC1.I. The van der Waals surface area contributed by atoms with Gasteiger partial charge in [0.05, 0.1) is 6.54 Å². The molecule has 6 nitrogen and oxygen atoms in total.